The Kier molecular flexibility index (Phi) is 5.27. The second-order valence-corrected chi connectivity index (χ2v) is 8.52. The molecule has 0 aliphatic carbocycles. The molecule has 32 heavy (non-hydrogen) atoms. The molecule has 1 N–H and O–H groups in total. The summed E-state index contributed by atoms with van der Waals surface area (Å²) < 4.78 is 0. The summed E-state index contributed by atoms with van der Waals surface area (Å²) in [4.78, 5) is 17.1. The van der Waals surface area contributed by atoms with Crippen molar-refractivity contribution in [2.45, 2.75) is 32.7 Å². The van der Waals surface area contributed by atoms with Crippen molar-refractivity contribution in [1.82, 2.24) is 30.1 Å². The molecule has 1 amide bonds. The summed E-state index contributed by atoms with van der Waals surface area (Å²) in [5, 5.41) is 16.9. The van der Waals surface area contributed by atoms with Gasteiger partial charge in [0.05, 0.1) is 41.1 Å². The van der Waals surface area contributed by atoms with E-state index >= 15 is 0 Å². The molecular weight excluding hydrogens is 424 g/mol. The highest BCUT2D eigenvalue weighted by atomic mass is 35.5. The molecule has 0 radical (unpaired) electrons. The SMILES string of the molecule is Cc1ccc(C(=O)N2CCCC2c2cc(-c3cccc(Cl)c3C)n[nH]2)c(-n2nccn2)c1. The highest BCUT2D eigenvalue weighted by Gasteiger charge is 2.33. The molecule has 0 saturated carbocycles. The maximum Gasteiger partial charge on any atom is 0.256 e. The second-order valence-electron chi connectivity index (χ2n) is 8.12. The Morgan fingerprint density at radius 2 is 1.94 bits per heavy atom. The number of carbonyl (C=O) groups is 1. The topological polar surface area (TPSA) is 79.7 Å². The maximum absolute atomic E-state index is 13.6. The molecule has 4 aromatic rings. The van der Waals surface area contributed by atoms with E-state index in [0.29, 0.717) is 22.8 Å². The lowest BCUT2D eigenvalue weighted by atomic mass is 10.0. The van der Waals surface area contributed by atoms with E-state index in [1.54, 1.807) is 12.4 Å². The Labute approximate surface area is 191 Å². The minimum Gasteiger partial charge on any atom is -0.330 e. The van der Waals surface area contributed by atoms with E-state index in [-0.39, 0.29) is 11.9 Å². The van der Waals surface area contributed by atoms with Crippen LogP contribution in [0.2, 0.25) is 5.02 Å². The summed E-state index contributed by atoms with van der Waals surface area (Å²) in [6, 6.07) is 13.5. The van der Waals surface area contributed by atoms with Crippen molar-refractivity contribution < 1.29 is 4.79 Å². The van der Waals surface area contributed by atoms with E-state index < -0.39 is 0 Å². The van der Waals surface area contributed by atoms with Gasteiger partial charge < -0.3 is 4.90 Å². The first-order chi connectivity index (χ1) is 15.5. The van der Waals surface area contributed by atoms with Gasteiger partial charge in [-0.15, -0.1) is 0 Å². The van der Waals surface area contributed by atoms with Crippen LogP contribution in [0.3, 0.4) is 0 Å². The molecule has 162 valence electrons. The van der Waals surface area contributed by atoms with Gasteiger partial charge in [0.15, 0.2) is 0 Å². The van der Waals surface area contributed by atoms with Gasteiger partial charge >= 0.3 is 0 Å². The van der Waals surface area contributed by atoms with Crippen LogP contribution in [0.15, 0.2) is 54.9 Å². The summed E-state index contributed by atoms with van der Waals surface area (Å²) in [7, 11) is 0. The van der Waals surface area contributed by atoms with Gasteiger partial charge in [0.25, 0.3) is 5.91 Å². The number of rotatable bonds is 4. The second kappa shape index (κ2) is 8.24. The number of benzene rings is 2. The fourth-order valence-electron chi connectivity index (χ4n) is 4.35. The lowest BCUT2D eigenvalue weighted by Gasteiger charge is -2.24. The minimum atomic E-state index is -0.0667. The number of hydrogen-bond acceptors (Lipinski definition) is 4. The van der Waals surface area contributed by atoms with Gasteiger partial charge in [-0.05, 0) is 62.1 Å². The standard InChI is InChI=1S/C24H23ClN6O/c1-15-8-9-18(23(13-15)31-26-10-11-27-31)24(32)30-12-4-7-22(30)21-14-20(28-29-21)17-5-3-6-19(25)16(17)2/h3,5-6,8-11,13-14,22H,4,7,12H2,1-2H3,(H,28,29). The fourth-order valence-corrected chi connectivity index (χ4v) is 4.52. The summed E-state index contributed by atoms with van der Waals surface area (Å²) in [6.45, 7) is 4.66. The zero-order chi connectivity index (χ0) is 22.2. The quantitative estimate of drug-likeness (QED) is 0.483. The predicted molar refractivity (Wildman–Crippen MR) is 123 cm³/mol. The zero-order valence-corrected chi connectivity index (χ0v) is 18.7. The molecule has 0 bridgehead atoms. The molecule has 7 nitrogen and oxygen atoms in total. The third-order valence-electron chi connectivity index (χ3n) is 6.03. The van der Waals surface area contributed by atoms with Crippen LogP contribution in [0.25, 0.3) is 16.9 Å². The zero-order valence-electron chi connectivity index (χ0n) is 17.9. The number of H-pyrrole nitrogens is 1. The first-order valence-electron chi connectivity index (χ1n) is 10.6. The van der Waals surface area contributed by atoms with Crippen LogP contribution in [0.5, 0.6) is 0 Å². The van der Waals surface area contributed by atoms with Gasteiger partial charge in [0, 0.05) is 17.1 Å². The number of nitrogens with one attached hydrogen (secondary N) is 1. The number of aromatic amines is 1. The number of carbonyl (C=O) groups excluding carboxylic acids is 1. The molecule has 0 spiro atoms. The molecule has 1 fully saturated rings. The van der Waals surface area contributed by atoms with Crippen molar-refractivity contribution >= 4 is 17.5 Å². The van der Waals surface area contributed by atoms with Crippen LogP contribution in [-0.4, -0.2) is 42.5 Å². The third-order valence-corrected chi connectivity index (χ3v) is 6.44. The number of aryl methyl sites for hydroxylation is 1. The molecule has 5 rings (SSSR count). The average Bonchev–Trinajstić information content (AvgIpc) is 3.55. The Bertz CT molecular complexity index is 1280. The number of nitrogens with zero attached hydrogens (tertiary/aromatic N) is 5. The molecular formula is C24H23ClN6O. The van der Waals surface area contributed by atoms with Crippen molar-refractivity contribution in [3.8, 4) is 16.9 Å². The number of likely N-dealkylation sites (tertiary alicyclic amines) is 1. The van der Waals surface area contributed by atoms with Crippen LogP contribution in [0.1, 0.15) is 46.1 Å². The van der Waals surface area contributed by atoms with Gasteiger partial charge in [-0.25, -0.2) is 0 Å². The number of hydrogen-bond donors (Lipinski definition) is 1. The molecule has 1 atom stereocenters. The van der Waals surface area contributed by atoms with Crippen molar-refractivity contribution in [2.24, 2.45) is 0 Å². The largest absolute Gasteiger partial charge is 0.330 e. The number of amides is 1. The molecule has 3 heterocycles. The normalized spacial score (nSPS) is 16.0. The molecule has 8 heteroatoms. The summed E-state index contributed by atoms with van der Waals surface area (Å²) in [5.74, 6) is -0.0325. The van der Waals surface area contributed by atoms with E-state index in [1.807, 2.05) is 61.2 Å². The minimum absolute atomic E-state index is 0.0325. The third kappa shape index (κ3) is 3.58. The van der Waals surface area contributed by atoms with Crippen LogP contribution < -0.4 is 0 Å². The Morgan fingerprint density at radius 3 is 2.75 bits per heavy atom. The highest BCUT2D eigenvalue weighted by Crippen LogP contribution is 2.35. The number of halogens is 1. The summed E-state index contributed by atoms with van der Waals surface area (Å²) in [5.41, 5.74) is 6.05. The van der Waals surface area contributed by atoms with Gasteiger partial charge in [-0.1, -0.05) is 29.8 Å². The van der Waals surface area contributed by atoms with E-state index in [9.17, 15) is 4.79 Å². The van der Waals surface area contributed by atoms with E-state index in [0.717, 1.165) is 40.9 Å². The van der Waals surface area contributed by atoms with Gasteiger partial charge in [-0.2, -0.15) is 20.1 Å². The van der Waals surface area contributed by atoms with Crippen molar-refractivity contribution in [1.29, 1.82) is 0 Å². The van der Waals surface area contributed by atoms with Crippen LogP contribution in [0, 0.1) is 13.8 Å². The Hall–Kier alpha value is -3.45. The van der Waals surface area contributed by atoms with Crippen LogP contribution in [-0.2, 0) is 0 Å². The van der Waals surface area contributed by atoms with E-state index in [4.69, 9.17) is 11.6 Å². The molecule has 1 saturated heterocycles. The average molecular weight is 447 g/mol. The number of aromatic nitrogens is 5. The summed E-state index contributed by atoms with van der Waals surface area (Å²) in [6.07, 6.45) is 5.03. The van der Waals surface area contributed by atoms with Crippen LogP contribution >= 0.6 is 11.6 Å². The lowest BCUT2D eigenvalue weighted by Crippen LogP contribution is -2.31. The van der Waals surface area contributed by atoms with E-state index in [2.05, 4.69) is 20.4 Å². The Balaban J connectivity index is 1.47. The molecule has 1 unspecified atom stereocenters. The van der Waals surface area contributed by atoms with Gasteiger partial charge in [0.1, 0.15) is 0 Å². The first kappa shape index (κ1) is 20.5. The van der Waals surface area contributed by atoms with Gasteiger partial charge in [0.2, 0.25) is 0 Å². The van der Waals surface area contributed by atoms with Gasteiger partial charge in [-0.3, -0.25) is 9.89 Å². The lowest BCUT2D eigenvalue weighted by molar-refractivity contribution is 0.0732. The first-order valence-corrected chi connectivity index (χ1v) is 11.0. The predicted octanol–water partition coefficient (Wildman–Crippen LogP) is 4.90. The maximum atomic E-state index is 13.6. The fraction of sp³-hybridized carbons (Fsp3) is 0.250. The molecule has 2 aromatic heterocycles. The molecule has 2 aromatic carbocycles. The van der Waals surface area contributed by atoms with Crippen molar-refractivity contribution in [2.75, 3.05) is 6.54 Å². The van der Waals surface area contributed by atoms with Crippen molar-refractivity contribution in [3.05, 3.63) is 82.3 Å². The van der Waals surface area contributed by atoms with E-state index in [1.165, 1.54) is 4.80 Å². The smallest absolute Gasteiger partial charge is 0.256 e. The monoisotopic (exact) mass is 446 g/mol. The van der Waals surface area contributed by atoms with Crippen molar-refractivity contribution in [3.63, 3.8) is 0 Å². The molecule has 1 aliphatic heterocycles. The highest BCUT2D eigenvalue weighted by molar-refractivity contribution is 6.31. The summed E-state index contributed by atoms with van der Waals surface area (Å²) >= 11 is 6.30. The molecule has 1 aliphatic rings. The van der Waals surface area contributed by atoms with Crippen LogP contribution in [0.4, 0.5) is 0 Å². The Morgan fingerprint density at radius 1 is 1.12 bits per heavy atom.